The van der Waals surface area contributed by atoms with Crippen LogP contribution in [0.15, 0.2) is 21.8 Å². The minimum Gasteiger partial charge on any atom is -0.477 e. The van der Waals surface area contributed by atoms with Gasteiger partial charge in [-0.3, -0.25) is 14.5 Å². The molecular weight excluding hydrogens is 386 g/mol. The number of nitrogens with two attached hydrogens (primary N) is 1. The van der Waals surface area contributed by atoms with Crippen molar-refractivity contribution in [2.75, 3.05) is 18.1 Å². The number of nitrogens with zero attached hydrogens (tertiary/aromatic N) is 3. The molecule has 6 N–H and O–H groups in total. The molecule has 2 aliphatic rings. The van der Waals surface area contributed by atoms with E-state index in [0.717, 1.165) is 16.2 Å². The van der Waals surface area contributed by atoms with Gasteiger partial charge in [0.25, 0.3) is 11.8 Å². The van der Waals surface area contributed by atoms with Crippen molar-refractivity contribution in [1.82, 2.24) is 15.2 Å². The van der Waals surface area contributed by atoms with E-state index < -0.39 is 41.5 Å². The average molecular weight is 399 g/mol. The fourth-order valence-electron chi connectivity index (χ4n) is 2.62. The molecule has 0 aromatic carbocycles. The van der Waals surface area contributed by atoms with Crippen LogP contribution in [0.1, 0.15) is 5.69 Å². The molecule has 3 heterocycles. The number of hydrogen-bond acceptors (Lipinski definition) is 10. The van der Waals surface area contributed by atoms with Crippen LogP contribution < -0.4 is 11.1 Å². The van der Waals surface area contributed by atoms with Crippen LogP contribution in [0.5, 0.6) is 0 Å². The molecule has 1 fully saturated rings. The van der Waals surface area contributed by atoms with E-state index >= 15 is 0 Å². The first-order valence-electron chi connectivity index (χ1n) is 7.14. The summed E-state index contributed by atoms with van der Waals surface area (Å²) < 4.78 is 0. The van der Waals surface area contributed by atoms with Gasteiger partial charge in [-0.15, -0.1) is 23.1 Å². The van der Waals surface area contributed by atoms with Crippen molar-refractivity contribution in [3.63, 3.8) is 0 Å². The summed E-state index contributed by atoms with van der Waals surface area (Å²) in [5.41, 5.74) is 5.09. The van der Waals surface area contributed by atoms with E-state index in [1.165, 1.54) is 17.1 Å². The Morgan fingerprint density at radius 2 is 2.23 bits per heavy atom. The van der Waals surface area contributed by atoms with Gasteiger partial charge in [-0.2, -0.15) is 0 Å². The maximum Gasteiger partial charge on any atom is 0.352 e. The summed E-state index contributed by atoms with van der Waals surface area (Å²) in [5, 5.41) is 33.9. The molecule has 0 radical (unpaired) electrons. The molecule has 13 heteroatoms. The molecule has 1 aromatic heterocycles. The molecule has 0 spiro atoms. The van der Waals surface area contributed by atoms with Crippen LogP contribution >= 0.6 is 23.1 Å². The standard InChI is InChI=1S/C13H13N5O6S2/c14-13-15-5(3-26-13)6(17-24)9(20)16-7-10(21)18-8(12(22)23)4(1-19)2-25-11(7)18/h3,7,11,19,24H,1-2H2,(H2,14,15)(H,16,20)(H,22,23)/b17-6+. The Bertz CT molecular complexity index is 850. The molecule has 1 saturated heterocycles. The first-order valence-corrected chi connectivity index (χ1v) is 9.07. The van der Waals surface area contributed by atoms with Crippen molar-refractivity contribution in [3.8, 4) is 0 Å². The summed E-state index contributed by atoms with van der Waals surface area (Å²) in [7, 11) is 0. The summed E-state index contributed by atoms with van der Waals surface area (Å²) in [6, 6.07) is -0.991. The van der Waals surface area contributed by atoms with Gasteiger partial charge in [0.1, 0.15) is 22.8 Å². The lowest BCUT2D eigenvalue weighted by Crippen LogP contribution is -2.71. The number of thioether (sulfide) groups is 1. The van der Waals surface area contributed by atoms with E-state index in [1.807, 2.05) is 0 Å². The van der Waals surface area contributed by atoms with Gasteiger partial charge in [0.2, 0.25) is 0 Å². The number of thiazole rings is 1. The van der Waals surface area contributed by atoms with Gasteiger partial charge >= 0.3 is 5.97 Å². The smallest absolute Gasteiger partial charge is 0.352 e. The Morgan fingerprint density at radius 1 is 1.50 bits per heavy atom. The fraction of sp³-hybridized carbons (Fsp3) is 0.308. The minimum absolute atomic E-state index is 0.0566. The van der Waals surface area contributed by atoms with E-state index in [2.05, 4.69) is 15.5 Å². The number of aliphatic hydroxyl groups is 1. The molecule has 138 valence electrons. The number of nitrogen functional groups attached to an aromatic ring is 1. The maximum atomic E-state index is 12.3. The zero-order chi connectivity index (χ0) is 19.0. The third kappa shape index (κ3) is 2.89. The number of rotatable bonds is 5. The largest absolute Gasteiger partial charge is 0.477 e. The van der Waals surface area contributed by atoms with Crippen molar-refractivity contribution >= 4 is 51.7 Å². The number of β-lactam (4-membered cyclic amide) rings is 1. The molecule has 26 heavy (non-hydrogen) atoms. The number of hydrogen-bond donors (Lipinski definition) is 5. The summed E-state index contributed by atoms with van der Waals surface area (Å²) in [5.74, 6) is -2.59. The van der Waals surface area contributed by atoms with Crippen LogP contribution in [0.4, 0.5) is 5.13 Å². The molecule has 2 amide bonds. The van der Waals surface area contributed by atoms with Gasteiger partial charge < -0.3 is 26.5 Å². The van der Waals surface area contributed by atoms with Crippen LogP contribution in [0.25, 0.3) is 0 Å². The lowest BCUT2D eigenvalue weighted by molar-refractivity contribution is -0.150. The van der Waals surface area contributed by atoms with Gasteiger partial charge in [0, 0.05) is 11.1 Å². The Kier molecular flexibility index (Phi) is 4.84. The van der Waals surface area contributed by atoms with Crippen LogP contribution in [0.2, 0.25) is 0 Å². The van der Waals surface area contributed by atoms with Crippen molar-refractivity contribution in [2.45, 2.75) is 11.4 Å². The predicted octanol–water partition coefficient (Wildman–Crippen LogP) is -1.37. The van der Waals surface area contributed by atoms with Gasteiger partial charge in [-0.25, -0.2) is 9.78 Å². The van der Waals surface area contributed by atoms with E-state index in [1.54, 1.807) is 0 Å². The second-order valence-electron chi connectivity index (χ2n) is 5.30. The molecule has 1 aromatic rings. The molecule has 2 unspecified atom stereocenters. The molecule has 3 rings (SSSR count). The highest BCUT2D eigenvalue weighted by Crippen LogP contribution is 2.40. The van der Waals surface area contributed by atoms with Crippen molar-refractivity contribution in [2.24, 2.45) is 5.16 Å². The highest BCUT2D eigenvalue weighted by Gasteiger charge is 2.54. The zero-order valence-corrected chi connectivity index (χ0v) is 14.6. The third-order valence-electron chi connectivity index (χ3n) is 3.81. The Labute approximate surface area is 154 Å². The fourth-order valence-corrected chi connectivity index (χ4v) is 4.51. The van der Waals surface area contributed by atoms with Crippen molar-refractivity contribution in [1.29, 1.82) is 0 Å². The zero-order valence-electron chi connectivity index (χ0n) is 12.9. The number of carbonyl (C=O) groups excluding carboxylic acids is 2. The molecule has 2 atom stereocenters. The van der Waals surface area contributed by atoms with Gasteiger partial charge in [0.05, 0.1) is 6.61 Å². The van der Waals surface area contributed by atoms with Gasteiger partial charge in [-0.05, 0) is 5.57 Å². The summed E-state index contributed by atoms with van der Waals surface area (Å²) >= 11 is 2.26. The number of carboxylic acids is 1. The van der Waals surface area contributed by atoms with Gasteiger partial charge in [-0.1, -0.05) is 5.16 Å². The van der Waals surface area contributed by atoms with E-state index in [-0.39, 0.29) is 27.8 Å². The number of amides is 2. The number of aromatic nitrogens is 1. The lowest BCUT2D eigenvalue weighted by Gasteiger charge is -2.49. The number of nitrogens with one attached hydrogen (secondary N) is 1. The number of carbonyl (C=O) groups is 3. The Balaban J connectivity index is 1.77. The summed E-state index contributed by atoms with van der Waals surface area (Å²) in [6.07, 6.45) is 0. The number of aliphatic carboxylic acids is 1. The highest BCUT2D eigenvalue weighted by atomic mass is 32.2. The molecular formula is C13H13N5O6S2. The normalized spacial score (nSPS) is 22.7. The van der Waals surface area contributed by atoms with Crippen LogP contribution in [-0.2, 0) is 14.4 Å². The van der Waals surface area contributed by atoms with Crippen LogP contribution in [0, 0.1) is 0 Å². The third-order valence-corrected chi connectivity index (χ3v) is 5.82. The maximum absolute atomic E-state index is 12.3. The minimum atomic E-state index is -1.33. The number of fused-ring (bicyclic) bond motifs is 1. The lowest BCUT2D eigenvalue weighted by atomic mass is 10.0. The first-order chi connectivity index (χ1) is 12.4. The second kappa shape index (κ2) is 6.93. The second-order valence-corrected chi connectivity index (χ2v) is 7.29. The van der Waals surface area contributed by atoms with Gasteiger partial charge in [0.15, 0.2) is 10.8 Å². The topological polar surface area (TPSA) is 178 Å². The molecule has 0 saturated carbocycles. The Morgan fingerprint density at radius 3 is 2.77 bits per heavy atom. The van der Waals surface area contributed by atoms with E-state index in [0.29, 0.717) is 0 Å². The first kappa shape index (κ1) is 18.2. The molecule has 0 bridgehead atoms. The summed E-state index contributed by atoms with van der Waals surface area (Å²) in [6.45, 7) is -0.477. The SMILES string of the molecule is Nc1nc(/C(=N\O)C(=O)NC2C(=O)N3C(C(=O)O)=C(CO)CSC23)cs1. The molecule has 2 aliphatic heterocycles. The monoisotopic (exact) mass is 399 g/mol. The van der Waals surface area contributed by atoms with Crippen molar-refractivity contribution in [3.05, 3.63) is 22.3 Å². The number of oxime groups is 1. The number of anilines is 1. The highest BCUT2D eigenvalue weighted by molar-refractivity contribution is 8.00. The Hall–Kier alpha value is -2.64. The van der Waals surface area contributed by atoms with E-state index in [4.69, 9.17) is 10.9 Å². The molecule has 0 aliphatic carbocycles. The summed E-state index contributed by atoms with van der Waals surface area (Å²) in [4.78, 5) is 40.9. The quantitative estimate of drug-likeness (QED) is 0.173. The predicted molar refractivity (Wildman–Crippen MR) is 91.6 cm³/mol. The van der Waals surface area contributed by atoms with E-state index in [9.17, 15) is 24.6 Å². The average Bonchev–Trinajstić information content (AvgIpc) is 3.04. The van der Waals surface area contributed by atoms with Crippen molar-refractivity contribution < 1.29 is 29.8 Å². The molecule has 11 nitrogen and oxygen atoms in total. The van der Waals surface area contributed by atoms with Crippen LogP contribution in [-0.4, -0.2) is 72.6 Å². The number of aliphatic hydroxyl groups excluding tert-OH is 1. The van der Waals surface area contributed by atoms with Crippen LogP contribution in [0.3, 0.4) is 0 Å². The number of carboxylic acid groups (broad SMARTS) is 1.